The molecule has 0 spiro atoms. The monoisotopic (exact) mass is 334 g/mol. The highest BCUT2D eigenvalue weighted by Gasteiger charge is 2.38. The van der Waals surface area contributed by atoms with Crippen LogP contribution in [0.5, 0.6) is 5.75 Å². The van der Waals surface area contributed by atoms with Crippen molar-refractivity contribution in [2.24, 2.45) is 0 Å². The maximum atomic E-state index is 12.8. The molecule has 0 N–H and O–H groups in total. The van der Waals surface area contributed by atoms with Crippen LogP contribution < -0.4 is 4.74 Å². The summed E-state index contributed by atoms with van der Waals surface area (Å²) in [4.78, 5) is 16.3. The lowest BCUT2D eigenvalue weighted by atomic mass is 10.1. The van der Waals surface area contributed by atoms with Crippen molar-refractivity contribution in [3.05, 3.63) is 41.7 Å². The number of halogens is 1. The van der Waals surface area contributed by atoms with Gasteiger partial charge in [0.25, 0.3) is 5.91 Å². The molecule has 1 amide bonds. The molecule has 1 atom stereocenters. The summed E-state index contributed by atoms with van der Waals surface area (Å²) >= 11 is 5.87. The Kier molecular flexibility index (Phi) is 4.26. The van der Waals surface area contributed by atoms with Crippen LogP contribution in [0.15, 0.2) is 36.7 Å². The lowest BCUT2D eigenvalue weighted by molar-refractivity contribution is -0.144. The molecular weight excluding hydrogens is 316 g/mol. The molecule has 23 heavy (non-hydrogen) atoms. The Morgan fingerprint density at radius 3 is 2.57 bits per heavy atom. The average molecular weight is 335 g/mol. The van der Waals surface area contributed by atoms with Gasteiger partial charge in [0.1, 0.15) is 5.75 Å². The normalized spacial score (nSPS) is 18.2. The van der Waals surface area contributed by atoms with Gasteiger partial charge in [0, 0.05) is 18.1 Å². The first-order chi connectivity index (χ1) is 11.0. The predicted octanol–water partition coefficient (Wildman–Crippen LogP) is 2.56. The minimum atomic E-state index is -0.944. The minimum absolute atomic E-state index is 0.0397. The van der Waals surface area contributed by atoms with Gasteiger partial charge >= 0.3 is 0 Å². The number of ether oxygens (including phenoxy) is 1. The second-order valence-electron chi connectivity index (χ2n) is 6.11. The van der Waals surface area contributed by atoms with Crippen LogP contribution in [0, 0.1) is 0 Å². The van der Waals surface area contributed by atoms with Crippen LogP contribution in [-0.2, 0) is 4.79 Å². The fourth-order valence-electron chi connectivity index (χ4n) is 2.75. The molecule has 6 nitrogen and oxygen atoms in total. The fourth-order valence-corrected chi connectivity index (χ4v) is 2.88. The number of hydrogen-bond acceptors (Lipinski definition) is 4. The zero-order valence-corrected chi connectivity index (χ0v) is 13.9. The molecule has 1 saturated heterocycles. The molecule has 0 bridgehead atoms. The summed E-state index contributed by atoms with van der Waals surface area (Å²) in [6.07, 6.45) is 4.15. The molecule has 2 aromatic rings. The molecular formula is C16H19ClN4O2. The van der Waals surface area contributed by atoms with Gasteiger partial charge in [0.05, 0.1) is 18.4 Å². The summed E-state index contributed by atoms with van der Waals surface area (Å²) in [6, 6.07) is 7.13. The summed E-state index contributed by atoms with van der Waals surface area (Å²) in [5.74, 6) is 0.583. The van der Waals surface area contributed by atoms with Gasteiger partial charge in [0.2, 0.25) is 0 Å². The number of rotatable bonds is 4. The van der Waals surface area contributed by atoms with Gasteiger partial charge in [-0.05, 0) is 44.5 Å². The second kappa shape index (κ2) is 6.20. The first kappa shape index (κ1) is 15.8. The van der Waals surface area contributed by atoms with E-state index in [0.29, 0.717) is 23.9 Å². The number of carbonyl (C=O) groups excluding carboxylic acids is 1. The van der Waals surface area contributed by atoms with E-state index in [2.05, 4.69) is 10.2 Å². The molecule has 0 saturated carbocycles. The zero-order chi connectivity index (χ0) is 16.4. The number of aromatic nitrogens is 3. The van der Waals surface area contributed by atoms with E-state index in [1.165, 1.54) is 0 Å². The topological polar surface area (TPSA) is 60.2 Å². The molecule has 1 aliphatic rings. The van der Waals surface area contributed by atoms with Crippen LogP contribution in [0.2, 0.25) is 5.02 Å². The molecule has 3 rings (SSSR count). The number of carbonyl (C=O) groups is 1. The Hall–Kier alpha value is -2.08. The van der Waals surface area contributed by atoms with Gasteiger partial charge in [-0.15, -0.1) is 0 Å². The second-order valence-corrected chi connectivity index (χ2v) is 6.55. The Morgan fingerprint density at radius 1 is 1.26 bits per heavy atom. The van der Waals surface area contributed by atoms with Crippen molar-refractivity contribution < 1.29 is 9.53 Å². The van der Waals surface area contributed by atoms with Gasteiger partial charge in [0.15, 0.2) is 5.60 Å². The molecule has 1 unspecified atom stereocenters. The summed E-state index contributed by atoms with van der Waals surface area (Å²) in [5.41, 5.74) is -0.944. The van der Waals surface area contributed by atoms with Crippen molar-refractivity contribution in [2.45, 2.75) is 31.9 Å². The zero-order valence-electron chi connectivity index (χ0n) is 13.1. The summed E-state index contributed by atoms with van der Waals surface area (Å²) in [6.45, 7) is 4.84. The molecule has 1 fully saturated rings. The number of hydrogen-bond donors (Lipinski definition) is 0. The number of benzene rings is 1. The quantitative estimate of drug-likeness (QED) is 0.862. The predicted molar refractivity (Wildman–Crippen MR) is 86.4 cm³/mol. The third kappa shape index (κ3) is 3.47. The van der Waals surface area contributed by atoms with Crippen molar-refractivity contribution in [3.63, 3.8) is 0 Å². The standard InChI is InChI=1S/C16H19ClN4O2/c1-16(2,23-14-5-3-12(17)4-6-14)15(22)20-10-7-13(11-20)21-18-8-9-19-21/h3-6,8-9,13H,7,10-11H2,1-2H3. The largest absolute Gasteiger partial charge is 0.478 e. The minimum Gasteiger partial charge on any atom is -0.478 e. The molecule has 0 aliphatic carbocycles. The van der Waals surface area contributed by atoms with E-state index in [1.54, 1.807) is 55.3 Å². The van der Waals surface area contributed by atoms with Crippen LogP contribution in [0.25, 0.3) is 0 Å². The van der Waals surface area contributed by atoms with Crippen molar-refractivity contribution in [2.75, 3.05) is 13.1 Å². The maximum Gasteiger partial charge on any atom is 0.266 e. The van der Waals surface area contributed by atoms with Crippen LogP contribution in [0.1, 0.15) is 26.3 Å². The van der Waals surface area contributed by atoms with Gasteiger partial charge in [-0.2, -0.15) is 15.0 Å². The average Bonchev–Trinajstić information content (AvgIpc) is 3.19. The SMILES string of the molecule is CC(C)(Oc1ccc(Cl)cc1)C(=O)N1CCC(n2nccn2)C1. The van der Waals surface area contributed by atoms with Crippen molar-refractivity contribution >= 4 is 17.5 Å². The van der Waals surface area contributed by atoms with Crippen LogP contribution in [0.3, 0.4) is 0 Å². The van der Waals surface area contributed by atoms with Crippen molar-refractivity contribution in [1.29, 1.82) is 0 Å². The molecule has 1 aromatic heterocycles. The molecule has 1 aliphatic heterocycles. The van der Waals surface area contributed by atoms with Crippen molar-refractivity contribution in [3.8, 4) is 5.75 Å². The lowest BCUT2D eigenvalue weighted by Crippen LogP contribution is -2.48. The summed E-state index contributed by atoms with van der Waals surface area (Å²) in [7, 11) is 0. The molecule has 122 valence electrons. The van der Waals surface area contributed by atoms with E-state index in [1.807, 2.05) is 4.90 Å². The summed E-state index contributed by atoms with van der Waals surface area (Å²) in [5, 5.41) is 8.94. The van der Waals surface area contributed by atoms with E-state index >= 15 is 0 Å². The Balaban J connectivity index is 1.65. The molecule has 0 radical (unpaired) electrons. The van der Waals surface area contributed by atoms with Crippen LogP contribution in [-0.4, -0.2) is 44.5 Å². The highest BCUT2D eigenvalue weighted by atomic mass is 35.5. The van der Waals surface area contributed by atoms with Crippen LogP contribution in [0.4, 0.5) is 0 Å². The summed E-state index contributed by atoms with van der Waals surface area (Å²) < 4.78 is 5.87. The van der Waals surface area contributed by atoms with Gasteiger partial charge in [-0.1, -0.05) is 11.6 Å². The van der Waals surface area contributed by atoms with Gasteiger partial charge in [-0.25, -0.2) is 0 Å². The Morgan fingerprint density at radius 2 is 1.91 bits per heavy atom. The fraction of sp³-hybridized carbons (Fsp3) is 0.438. The number of nitrogens with zero attached hydrogens (tertiary/aromatic N) is 4. The third-order valence-corrected chi connectivity index (χ3v) is 4.17. The van der Waals surface area contributed by atoms with E-state index in [4.69, 9.17) is 16.3 Å². The van der Waals surface area contributed by atoms with Gasteiger partial charge in [-0.3, -0.25) is 4.79 Å². The number of likely N-dealkylation sites (tertiary alicyclic amines) is 1. The molecule has 1 aromatic carbocycles. The Labute approximate surface area is 140 Å². The third-order valence-electron chi connectivity index (χ3n) is 3.92. The molecule has 2 heterocycles. The molecule has 7 heteroatoms. The lowest BCUT2D eigenvalue weighted by Gasteiger charge is -2.30. The highest BCUT2D eigenvalue weighted by molar-refractivity contribution is 6.30. The first-order valence-corrected chi connectivity index (χ1v) is 7.93. The van der Waals surface area contributed by atoms with Crippen molar-refractivity contribution in [1.82, 2.24) is 19.9 Å². The van der Waals surface area contributed by atoms with E-state index in [0.717, 1.165) is 6.42 Å². The van der Waals surface area contributed by atoms with Crippen LogP contribution >= 0.6 is 11.6 Å². The van der Waals surface area contributed by atoms with E-state index in [-0.39, 0.29) is 11.9 Å². The van der Waals surface area contributed by atoms with E-state index < -0.39 is 5.60 Å². The maximum absolute atomic E-state index is 12.8. The number of amides is 1. The highest BCUT2D eigenvalue weighted by Crippen LogP contribution is 2.26. The smallest absolute Gasteiger partial charge is 0.266 e. The first-order valence-electron chi connectivity index (χ1n) is 7.55. The Bertz CT molecular complexity index is 670. The van der Waals surface area contributed by atoms with Gasteiger partial charge < -0.3 is 9.64 Å². The van der Waals surface area contributed by atoms with E-state index in [9.17, 15) is 4.79 Å².